The monoisotopic (exact) mass is 297 g/mol. The molecule has 0 saturated carbocycles. The number of guanidine groups is 1. The first-order valence-corrected chi connectivity index (χ1v) is 7.10. The number of methoxy groups -OCH3 is 1. The van der Waals surface area contributed by atoms with Gasteiger partial charge in [0.05, 0.1) is 25.5 Å². The molecular formula is C14H27N5O2. The molecule has 0 fully saturated rings. The van der Waals surface area contributed by atoms with Crippen LogP contribution < -0.4 is 10.6 Å². The molecule has 120 valence electrons. The predicted molar refractivity (Wildman–Crippen MR) is 83.6 cm³/mol. The van der Waals surface area contributed by atoms with Gasteiger partial charge >= 0.3 is 0 Å². The minimum absolute atomic E-state index is 0.609. The Balaban J connectivity index is 2.31. The first-order valence-electron chi connectivity index (χ1n) is 7.10. The van der Waals surface area contributed by atoms with E-state index in [9.17, 15) is 0 Å². The molecule has 2 N–H and O–H groups in total. The second-order valence-corrected chi connectivity index (χ2v) is 4.73. The molecule has 7 heteroatoms. The number of rotatable bonds is 8. The van der Waals surface area contributed by atoms with E-state index in [1.54, 1.807) is 14.2 Å². The van der Waals surface area contributed by atoms with Crippen molar-refractivity contribution in [1.29, 1.82) is 0 Å². The SMILES string of the molecule is CN=C(NCCOCCOC)NCc1c(C)nn(C)c1C. The highest BCUT2D eigenvalue weighted by atomic mass is 16.5. The highest BCUT2D eigenvalue weighted by Gasteiger charge is 2.09. The number of hydrogen-bond acceptors (Lipinski definition) is 4. The molecule has 0 aliphatic heterocycles. The molecule has 0 atom stereocenters. The molecule has 1 aromatic heterocycles. The first kappa shape index (κ1) is 17.5. The van der Waals surface area contributed by atoms with Crippen LogP contribution in [0.1, 0.15) is 17.0 Å². The van der Waals surface area contributed by atoms with Gasteiger partial charge in [-0.2, -0.15) is 5.10 Å². The third kappa shape index (κ3) is 5.73. The van der Waals surface area contributed by atoms with Crippen molar-refractivity contribution in [1.82, 2.24) is 20.4 Å². The second-order valence-electron chi connectivity index (χ2n) is 4.73. The molecule has 1 aromatic rings. The summed E-state index contributed by atoms with van der Waals surface area (Å²) in [5.74, 6) is 0.757. The summed E-state index contributed by atoms with van der Waals surface area (Å²) in [6, 6.07) is 0. The lowest BCUT2D eigenvalue weighted by molar-refractivity contribution is 0.0733. The Morgan fingerprint density at radius 3 is 2.57 bits per heavy atom. The topological polar surface area (TPSA) is 72.7 Å². The molecule has 1 heterocycles. The van der Waals surface area contributed by atoms with E-state index in [4.69, 9.17) is 9.47 Å². The minimum atomic E-state index is 0.609. The molecule has 0 radical (unpaired) electrons. The second kappa shape index (κ2) is 9.36. The first-order chi connectivity index (χ1) is 10.1. The standard InChI is InChI=1S/C14H27N5O2/c1-11-13(12(2)19(4)18-11)10-17-14(15-3)16-6-7-21-9-8-20-5/h6-10H2,1-5H3,(H2,15,16,17). The van der Waals surface area contributed by atoms with Crippen LogP contribution in [0, 0.1) is 13.8 Å². The maximum atomic E-state index is 5.39. The van der Waals surface area contributed by atoms with Crippen LogP contribution in [0.5, 0.6) is 0 Å². The maximum Gasteiger partial charge on any atom is 0.191 e. The van der Waals surface area contributed by atoms with Gasteiger partial charge in [-0.05, 0) is 13.8 Å². The highest BCUT2D eigenvalue weighted by molar-refractivity contribution is 5.79. The van der Waals surface area contributed by atoms with Crippen LogP contribution in [0.3, 0.4) is 0 Å². The fourth-order valence-corrected chi connectivity index (χ4v) is 1.95. The molecule has 21 heavy (non-hydrogen) atoms. The fraction of sp³-hybridized carbons (Fsp3) is 0.714. The zero-order valence-electron chi connectivity index (χ0n) is 13.7. The summed E-state index contributed by atoms with van der Waals surface area (Å²) in [5, 5.41) is 10.9. The van der Waals surface area contributed by atoms with Gasteiger partial charge in [0.15, 0.2) is 5.96 Å². The summed E-state index contributed by atoms with van der Waals surface area (Å²) in [6.45, 7) is 7.34. The molecule has 0 unspecified atom stereocenters. The normalized spacial score (nSPS) is 11.8. The van der Waals surface area contributed by atoms with Crippen molar-refractivity contribution in [2.75, 3.05) is 40.5 Å². The van der Waals surface area contributed by atoms with Crippen molar-refractivity contribution >= 4 is 5.96 Å². The average molecular weight is 297 g/mol. The Kier molecular flexibility index (Phi) is 7.78. The zero-order chi connectivity index (χ0) is 15.7. The smallest absolute Gasteiger partial charge is 0.191 e. The van der Waals surface area contributed by atoms with Crippen molar-refractivity contribution in [3.8, 4) is 0 Å². The molecule has 7 nitrogen and oxygen atoms in total. The van der Waals surface area contributed by atoms with E-state index in [-0.39, 0.29) is 0 Å². The van der Waals surface area contributed by atoms with Gasteiger partial charge in [0.1, 0.15) is 0 Å². The number of aryl methyl sites for hydroxylation is 2. The molecule has 0 aromatic carbocycles. The Morgan fingerprint density at radius 1 is 1.24 bits per heavy atom. The number of ether oxygens (including phenoxy) is 2. The van der Waals surface area contributed by atoms with Gasteiger partial charge in [0, 0.05) is 45.6 Å². The van der Waals surface area contributed by atoms with E-state index in [0.29, 0.717) is 32.9 Å². The summed E-state index contributed by atoms with van der Waals surface area (Å²) in [4.78, 5) is 4.19. The third-order valence-electron chi connectivity index (χ3n) is 3.29. The van der Waals surface area contributed by atoms with Crippen LogP contribution in [0.15, 0.2) is 4.99 Å². The van der Waals surface area contributed by atoms with Crippen molar-refractivity contribution < 1.29 is 9.47 Å². The Morgan fingerprint density at radius 2 is 2.00 bits per heavy atom. The number of aromatic nitrogens is 2. The average Bonchev–Trinajstić information content (AvgIpc) is 2.71. The van der Waals surface area contributed by atoms with Gasteiger partial charge in [-0.15, -0.1) is 0 Å². The lowest BCUT2D eigenvalue weighted by atomic mass is 10.2. The summed E-state index contributed by atoms with van der Waals surface area (Å²) >= 11 is 0. The molecule has 0 bridgehead atoms. The lowest BCUT2D eigenvalue weighted by Crippen LogP contribution is -2.38. The van der Waals surface area contributed by atoms with Gasteiger partial charge in [0.2, 0.25) is 0 Å². The van der Waals surface area contributed by atoms with Gasteiger partial charge in [-0.1, -0.05) is 0 Å². The van der Waals surface area contributed by atoms with Crippen LogP contribution in [-0.2, 0) is 23.1 Å². The van der Waals surface area contributed by atoms with Crippen molar-refractivity contribution in [2.24, 2.45) is 12.0 Å². The third-order valence-corrected chi connectivity index (χ3v) is 3.29. The molecule has 1 rings (SSSR count). The molecule has 0 spiro atoms. The summed E-state index contributed by atoms with van der Waals surface area (Å²) < 4.78 is 12.2. The van der Waals surface area contributed by atoms with E-state index >= 15 is 0 Å². The van der Waals surface area contributed by atoms with Crippen LogP contribution >= 0.6 is 0 Å². The molecule has 0 aliphatic carbocycles. The van der Waals surface area contributed by atoms with E-state index in [2.05, 4.69) is 27.6 Å². The van der Waals surface area contributed by atoms with Crippen molar-refractivity contribution in [2.45, 2.75) is 20.4 Å². The fourth-order valence-electron chi connectivity index (χ4n) is 1.95. The van der Waals surface area contributed by atoms with Crippen molar-refractivity contribution in [3.63, 3.8) is 0 Å². The highest BCUT2D eigenvalue weighted by Crippen LogP contribution is 2.10. The Hall–Kier alpha value is -1.60. The lowest BCUT2D eigenvalue weighted by Gasteiger charge is -2.12. The molecule has 0 saturated heterocycles. The van der Waals surface area contributed by atoms with E-state index in [0.717, 1.165) is 11.7 Å². The van der Waals surface area contributed by atoms with Gasteiger partial charge in [0.25, 0.3) is 0 Å². The van der Waals surface area contributed by atoms with Gasteiger partial charge in [-0.3, -0.25) is 9.67 Å². The number of nitrogens with zero attached hydrogens (tertiary/aromatic N) is 3. The van der Waals surface area contributed by atoms with E-state index in [1.807, 2.05) is 18.7 Å². The van der Waals surface area contributed by atoms with Crippen LogP contribution in [-0.4, -0.2) is 56.3 Å². The molecule has 0 aliphatic rings. The largest absolute Gasteiger partial charge is 0.382 e. The van der Waals surface area contributed by atoms with Crippen LogP contribution in [0.4, 0.5) is 0 Å². The summed E-state index contributed by atoms with van der Waals surface area (Å²) in [7, 11) is 5.37. The van der Waals surface area contributed by atoms with E-state index < -0.39 is 0 Å². The van der Waals surface area contributed by atoms with Crippen LogP contribution in [0.25, 0.3) is 0 Å². The quantitative estimate of drug-likeness (QED) is 0.412. The number of nitrogens with one attached hydrogen (secondary N) is 2. The Labute approximate surface area is 126 Å². The maximum absolute atomic E-state index is 5.39. The molecule has 0 amide bonds. The zero-order valence-corrected chi connectivity index (χ0v) is 13.7. The van der Waals surface area contributed by atoms with Crippen molar-refractivity contribution in [3.05, 3.63) is 17.0 Å². The number of hydrogen-bond donors (Lipinski definition) is 2. The van der Waals surface area contributed by atoms with Gasteiger partial charge in [-0.25, -0.2) is 0 Å². The minimum Gasteiger partial charge on any atom is -0.382 e. The summed E-state index contributed by atoms with van der Waals surface area (Å²) in [5.41, 5.74) is 3.41. The number of aliphatic imine (C=N–C) groups is 1. The Bertz CT molecular complexity index is 456. The van der Waals surface area contributed by atoms with Crippen LogP contribution in [0.2, 0.25) is 0 Å². The van der Waals surface area contributed by atoms with E-state index in [1.165, 1.54) is 11.3 Å². The summed E-state index contributed by atoms with van der Waals surface area (Å²) in [6.07, 6.45) is 0. The predicted octanol–water partition coefficient (Wildman–Crippen LogP) is 0.365. The van der Waals surface area contributed by atoms with Gasteiger partial charge < -0.3 is 20.1 Å². The molecular weight excluding hydrogens is 270 g/mol.